The normalized spacial score (nSPS) is 17.5. The molecular formula is C4H9O6P. The first-order chi connectivity index (χ1) is 4.77. The number of phosphoric acid groups is 1. The topological polar surface area (TPSA) is 104 Å². The van der Waals surface area contributed by atoms with Gasteiger partial charge in [-0.3, -0.25) is 4.52 Å². The van der Waals surface area contributed by atoms with Gasteiger partial charge in [0.25, 0.3) is 0 Å². The number of hydrogen-bond acceptors (Lipinski definition) is 4. The van der Waals surface area contributed by atoms with E-state index in [4.69, 9.17) is 14.9 Å². The van der Waals surface area contributed by atoms with Crippen LogP contribution in [0.25, 0.3) is 0 Å². The zero-order valence-electron chi connectivity index (χ0n) is 5.80. The zero-order chi connectivity index (χ0) is 9.12. The van der Waals surface area contributed by atoms with E-state index in [1.807, 2.05) is 0 Å². The Hall–Kier alpha value is -0.260. The molecule has 1 unspecified atom stereocenters. The maximum Gasteiger partial charge on any atom is 0.469 e. The molecule has 0 radical (unpaired) electrons. The number of carbonyl (C=O) groups excluding carboxylic acids is 1. The number of carbonyl (C=O) groups is 1. The zero-order valence-corrected chi connectivity index (χ0v) is 6.69. The number of hydrogen-bond donors (Lipinski definition) is 3. The van der Waals surface area contributed by atoms with Crippen LogP contribution in [0.5, 0.6) is 0 Å². The van der Waals surface area contributed by atoms with Crippen LogP contribution in [-0.2, 0) is 13.9 Å². The number of phosphoric ester groups is 1. The molecule has 11 heavy (non-hydrogen) atoms. The summed E-state index contributed by atoms with van der Waals surface area (Å²) in [5, 5.41) is 8.85. The van der Waals surface area contributed by atoms with Crippen molar-refractivity contribution >= 4 is 14.1 Å². The van der Waals surface area contributed by atoms with Crippen molar-refractivity contribution in [3.8, 4) is 0 Å². The van der Waals surface area contributed by atoms with Crippen molar-refractivity contribution in [1.29, 1.82) is 0 Å². The van der Waals surface area contributed by atoms with Gasteiger partial charge in [-0.1, -0.05) is 0 Å². The molecule has 0 spiro atoms. The van der Waals surface area contributed by atoms with E-state index in [1.54, 1.807) is 0 Å². The quantitative estimate of drug-likeness (QED) is 0.384. The predicted octanol–water partition coefficient (Wildman–Crippen LogP) is -0.954. The van der Waals surface area contributed by atoms with E-state index in [1.165, 1.54) is 0 Å². The molecule has 0 aromatic rings. The number of aliphatic hydroxyl groups is 1. The minimum atomic E-state index is -4.59. The largest absolute Gasteiger partial charge is 0.469 e. The second-order valence-corrected chi connectivity index (χ2v) is 3.48. The fourth-order valence-electron chi connectivity index (χ4n) is 0.249. The van der Waals surface area contributed by atoms with Gasteiger partial charge in [-0.15, -0.1) is 0 Å². The van der Waals surface area contributed by atoms with Gasteiger partial charge in [0.15, 0.2) is 6.29 Å². The fourth-order valence-corrected chi connectivity index (χ4v) is 0.678. The summed E-state index contributed by atoms with van der Waals surface area (Å²) >= 11 is 0. The maximum atomic E-state index is 10.0. The molecule has 0 aromatic heterocycles. The first kappa shape index (κ1) is 10.7. The standard InChI is InChI=1S/C4H9O6P/c1-4(6,2-5)3-10-11(7,8)9/h2,6H,3H2,1H3,(H2,7,8,9). The Morgan fingerprint density at radius 1 is 1.64 bits per heavy atom. The highest BCUT2D eigenvalue weighted by Crippen LogP contribution is 2.36. The van der Waals surface area contributed by atoms with Crippen LogP contribution in [-0.4, -0.2) is 33.4 Å². The van der Waals surface area contributed by atoms with Crippen molar-refractivity contribution < 1.29 is 28.8 Å². The summed E-state index contributed by atoms with van der Waals surface area (Å²) in [6, 6.07) is 0. The summed E-state index contributed by atoms with van der Waals surface area (Å²) < 4.78 is 13.9. The van der Waals surface area contributed by atoms with E-state index in [0.717, 1.165) is 6.92 Å². The second kappa shape index (κ2) is 3.42. The SMILES string of the molecule is CC(O)(C=O)COP(=O)(O)O. The van der Waals surface area contributed by atoms with E-state index in [2.05, 4.69) is 4.52 Å². The van der Waals surface area contributed by atoms with E-state index < -0.39 is 20.0 Å². The molecule has 0 rings (SSSR count). The average molecular weight is 184 g/mol. The molecule has 0 saturated carbocycles. The van der Waals surface area contributed by atoms with Gasteiger partial charge in [-0.25, -0.2) is 4.57 Å². The molecule has 0 heterocycles. The minimum Gasteiger partial charge on any atom is -0.380 e. The minimum absolute atomic E-state index is 0.142. The summed E-state index contributed by atoms with van der Waals surface area (Å²) in [5.41, 5.74) is -1.85. The van der Waals surface area contributed by atoms with Crippen molar-refractivity contribution in [2.75, 3.05) is 6.61 Å². The lowest BCUT2D eigenvalue weighted by atomic mass is 10.1. The van der Waals surface area contributed by atoms with Crippen molar-refractivity contribution in [2.24, 2.45) is 0 Å². The van der Waals surface area contributed by atoms with Gasteiger partial charge in [0, 0.05) is 0 Å². The third-order valence-electron chi connectivity index (χ3n) is 0.779. The maximum absolute atomic E-state index is 10.0. The smallest absolute Gasteiger partial charge is 0.380 e. The van der Waals surface area contributed by atoms with Crippen LogP contribution in [0.4, 0.5) is 0 Å². The van der Waals surface area contributed by atoms with Crippen LogP contribution in [0.2, 0.25) is 0 Å². The molecule has 0 fully saturated rings. The highest BCUT2D eigenvalue weighted by molar-refractivity contribution is 7.46. The lowest BCUT2D eigenvalue weighted by Gasteiger charge is -2.15. The van der Waals surface area contributed by atoms with Gasteiger partial charge in [-0.05, 0) is 6.92 Å². The van der Waals surface area contributed by atoms with Gasteiger partial charge >= 0.3 is 7.82 Å². The van der Waals surface area contributed by atoms with Crippen molar-refractivity contribution in [2.45, 2.75) is 12.5 Å². The summed E-state index contributed by atoms with van der Waals surface area (Å²) in [6.45, 7) is 0.358. The molecular weight excluding hydrogens is 175 g/mol. The third kappa shape index (κ3) is 6.15. The highest BCUT2D eigenvalue weighted by atomic mass is 31.2. The van der Waals surface area contributed by atoms with Crippen molar-refractivity contribution in [3.05, 3.63) is 0 Å². The number of aldehydes is 1. The Morgan fingerprint density at radius 2 is 2.09 bits per heavy atom. The Kier molecular flexibility index (Phi) is 3.34. The molecule has 1 atom stereocenters. The van der Waals surface area contributed by atoms with Crippen LogP contribution in [0.3, 0.4) is 0 Å². The molecule has 0 aliphatic carbocycles. The molecule has 0 aromatic carbocycles. The molecule has 7 heteroatoms. The van der Waals surface area contributed by atoms with Crippen LogP contribution in [0.15, 0.2) is 0 Å². The van der Waals surface area contributed by atoms with E-state index in [9.17, 15) is 9.36 Å². The Bertz CT molecular complexity index is 181. The first-order valence-corrected chi connectivity index (χ1v) is 4.19. The van der Waals surface area contributed by atoms with Gasteiger partial charge in [0.05, 0.1) is 6.61 Å². The molecule has 0 bridgehead atoms. The summed E-state index contributed by atoms with van der Waals surface area (Å²) in [6.07, 6.45) is 0.142. The van der Waals surface area contributed by atoms with Crippen molar-refractivity contribution in [1.82, 2.24) is 0 Å². The Labute approximate surface area is 63.0 Å². The van der Waals surface area contributed by atoms with Crippen LogP contribution >= 0.6 is 7.82 Å². The Balaban J connectivity index is 3.89. The molecule has 0 aliphatic rings. The van der Waals surface area contributed by atoms with Crippen LogP contribution in [0, 0.1) is 0 Å². The molecule has 3 N–H and O–H groups in total. The van der Waals surface area contributed by atoms with Gasteiger partial charge in [-0.2, -0.15) is 0 Å². The summed E-state index contributed by atoms with van der Waals surface area (Å²) in [7, 11) is -4.59. The van der Waals surface area contributed by atoms with Crippen LogP contribution < -0.4 is 0 Å². The lowest BCUT2D eigenvalue weighted by molar-refractivity contribution is -0.125. The second-order valence-electron chi connectivity index (χ2n) is 2.24. The van der Waals surface area contributed by atoms with E-state index >= 15 is 0 Å². The number of rotatable bonds is 4. The van der Waals surface area contributed by atoms with Gasteiger partial charge < -0.3 is 19.7 Å². The highest BCUT2D eigenvalue weighted by Gasteiger charge is 2.24. The van der Waals surface area contributed by atoms with Crippen LogP contribution in [0.1, 0.15) is 6.92 Å². The molecule has 6 nitrogen and oxygen atoms in total. The summed E-state index contributed by atoms with van der Waals surface area (Å²) in [4.78, 5) is 26.2. The summed E-state index contributed by atoms with van der Waals surface area (Å²) in [5.74, 6) is 0. The molecule has 66 valence electrons. The van der Waals surface area contributed by atoms with Crippen molar-refractivity contribution in [3.63, 3.8) is 0 Å². The third-order valence-corrected chi connectivity index (χ3v) is 1.24. The predicted molar refractivity (Wildman–Crippen MR) is 34.7 cm³/mol. The van der Waals surface area contributed by atoms with E-state index in [0.29, 0.717) is 0 Å². The monoisotopic (exact) mass is 184 g/mol. The average Bonchev–Trinajstić information content (AvgIpc) is 1.83. The molecule has 0 aliphatic heterocycles. The fraction of sp³-hybridized carbons (Fsp3) is 0.750. The lowest BCUT2D eigenvalue weighted by Crippen LogP contribution is -2.31. The first-order valence-electron chi connectivity index (χ1n) is 2.66. The Morgan fingerprint density at radius 3 is 2.36 bits per heavy atom. The molecule has 0 amide bonds. The van der Waals surface area contributed by atoms with E-state index in [-0.39, 0.29) is 6.29 Å². The van der Waals surface area contributed by atoms with Gasteiger partial charge in [0.1, 0.15) is 5.60 Å². The molecule has 0 saturated heterocycles. The van der Waals surface area contributed by atoms with Gasteiger partial charge in [0.2, 0.25) is 0 Å².